The van der Waals surface area contributed by atoms with Gasteiger partial charge in [0.05, 0.1) is 12.0 Å². The van der Waals surface area contributed by atoms with Crippen molar-refractivity contribution in [3.8, 4) is 5.75 Å². The van der Waals surface area contributed by atoms with Gasteiger partial charge in [-0.05, 0) is 48.6 Å². The van der Waals surface area contributed by atoms with Crippen LogP contribution < -0.4 is 20.8 Å². The second-order valence-electron chi connectivity index (χ2n) is 7.32. The van der Waals surface area contributed by atoms with Crippen molar-refractivity contribution in [2.45, 2.75) is 25.8 Å². The van der Waals surface area contributed by atoms with E-state index < -0.39 is 23.5 Å². The first-order valence-electron chi connectivity index (χ1n) is 10.1. The van der Waals surface area contributed by atoms with Crippen LogP contribution >= 0.6 is 11.8 Å². The van der Waals surface area contributed by atoms with Gasteiger partial charge in [0.2, 0.25) is 0 Å². The quantitative estimate of drug-likeness (QED) is 0.467. The summed E-state index contributed by atoms with van der Waals surface area (Å²) in [7, 11) is 0. The van der Waals surface area contributed by atoms with E-state index >= 15 is 0 Å². The van der Waals surface area contributed by atoms with E-state index in [1.807, 2.05) is 43.5 Å². The van der Waals surface area contributed by atoms with E-state index in [1.54, 1.807) is 18.2 Å². The van der Waals surface area contributed by atoms with E-state index in [2.05, 4.69) is 5.32 Å². The molecule has 0 radical (unpaired) electrons. The Hall–Kier alpha value is -3.26. The van der Waals surface area contributed by atoms with E-state index in [1.165, 1.54) is 11.8 Å². The number of aryl methyl sites for hydroxylation is 1. The molecule has 0 saturated heterocycles. The molecule has 0 aliphatic rings. The molecule has 0 aliphatic heterocycles. The second kappa shape index (κ2) is 10.9. The van der Waals surface area contributed by atoms with Gasteiger partial charge < -0.3 is 24.4 Å². The van der Waals surface area contributed by atoms with Crippen molar-refractivity contribution in [1.82, 2.24) is 5.32 Å². The summed E-state index contributed by atoms with van der Waals surface area (Å²) in [5.41, 5.74) is 2.38. The number of hydrogen-bond donors (Lipinski definition) is 1. The third kappa shape index (κ3) is 5.91. The Bertz CT molecular complexity index is 1160. The van der Waals surface area contributed by atoms with Crippen LogP contribution in [0.4, 0.5) is 0 Å². The van der Waals surface area contributed by atoms with Gasteiger partial charge in [-0.25, -0.2) is 4.79 Å². The number of rotatable bonds is 10. The third-order valence-corrected chi connectivity index (χ3v) is 5.73. The number of amides is 1. The predicted octanol–water partition coefficient (Wildman–Crippen LogP) is 2.06. The number of benzene rings is 2. The van der Waals surface area contributed by atoms with Crippen molar-refractivity contribution >= 4 is 34.6 Å². The van der Waals surface area contributed by atoms with Gasteiger partial charge in [-0.15, -0.1) is 0 Å². The van der Waals surface area contributed by atoms with Gasteiger partial charge >= 0.3 is 5.63 Å². The first-order chi connectivity index (χ1) is 15.4. The van der Waals surface area contributed by atoms with Gasteiger partial charge in [-0.1, -0.05) is 30.3 Å². The molecule has 1 atom stereocenters. The van der Waals surface area contributed by atoms with Crippen LogP contribution in [0.5, 0.6) is 5.75 Å². The van der Waals surface area contributed by atoms with Gasteiger partial charge in [-0.2, -0.15) is 11.8 Å². The lowest BCUT2D eigenvalue weighted by molar-refractivity contribution is -0.308. The number of ether oxygens (including phenoxy) is 1. The number of carboxylic acids is 1. The fraction of sp³-hybridized carbons (Fsp3) is 0.292. The number of thioether (sulfide) groups is 1. The number of fused-ring (bicyclic) bond motifs is 1. The molecule has 1 amide bonds. The summed E-state index contributed by atoms with van der Waals surface area (Å²) in [6.07, 6.45) is 2.59. The predicted molar refractivity (Wildman–Crippen MR) is 122 cm³/mol. The zero-order valence-corrected chi connectivity index (χ0v) is 18.7. The minimum atomic E-state index is -1.33. The molecule has 2 aromatic carbocycles. The Morgan fingerprint density at radius 3 is 2.62 bits per heavy atom. The van der Waals surface area contributed by atoms with E-state index in [4.69, 9.17) is 9.15 Å². The maximum Gasteiger partial charge on any atom is 0.340 e. The van der Waals surface area contributed by atoms with Crippen LogP contribution in [-0.2, 0) is 16.0 Å². The van der Waals surface area contributed by atoms with E-state index in [0.29, 0.717) is 29.1 Å². The molecule has 0 spiro atoms. The molecule has 7 nitrogen and oxygen atoms in total. The average Bonchev–Trinajstić information content (AvgIpc) is 2.78. The van der Waals surface area contributed by atoms with Crippen LogP contribution in [0.25, 0.3) is 11.0 Å². The first-order valence-corrected chi connectivity index (χ1v) is 11.5. The van der Waals surface area contributed by atoms with Gasteiger partial charge in [0.1, 0.15) is 11.3 Å². The molecule has 1 N–H and O–H groups in total. The lowest BCUT2D eigenvalue weighted by atomic mass is 10.00. The molecule has 1 aromatic heterocycles. The number of aliphatic carboxylic acids is 1. The lowest BCUT2D eigenvalue weighted by Crippen LogP contribution is -2.49. The number of carbonyl (C=O) groups excluding carboxylic acids is 2. The highest BCUT2D eigenvalue weighted by molar-refractivity contribution is 7.98. The highest BCUT2D eigenvalue weighted by atomic mass is 32.2. The van der Waals surface area contributed by atoms with E-state index in [0.717, 1.165) is 16.5 Å². The fourth-order valence-corrected chi connectivity index (χ4v) is 3.81. The average molecular weight is 455 g/mol. The normalized spacial score (nSPS) is 11.8. The first kappa shape index (κ1) is 23.4. The Labute approximate surface area is 189 Å². The molecular formula is C24H24NO6S-. The number of hydrogen-bond acceptors (Lipinski definition) is 7. The van der Waals surface area contributed by atoms with Gasteiger partial charge in [0, 0.05) is 23.4 Å². The van der Waals surface area contributed by atoms with Gasteiger partial charge in [0.15, 0.2) is 6.61 Å². The highest BCUT2D eigenvalue weighted by Gasteiger charge is 2.15. The standard InChI is InChI=1S/C24H25NO6S/c1-15-18-9-8-17(30-14-22(26)25-20(23(27)28)10-11-32-2)13-21(18)31-24(29)19(15)12-16-6-4-3-5-7-16/h3-9,13,20H,10-12,14H2,1-2H3,(H,25,26)(H,27,28)/p-1/t20-/m0/s1. The maximum absolute atomic E-state index is 12.6. The third-order valence-electron chi connectivity index (χ3n) is 5.08. The number of carboxylic acid groups (broad SMARTS) is 1. The van der Waals surface area contributed by atoms with Gasteiger partial charge in [0.25, 0.3) is 5.91 Å². The molecule has 0 unspecified atom stereocenters. The smallest absolute Gasteiger partial charge is 0.340 e. The molecular weight excluding hydrogens is 430 g/mol. The van der Waals surface area contributed by atoms with Gasteiger partial charge in [-0.3, -0.25) is 4.79 Å². The molecule has 0 saturated carbocycles. The summed E-state index contributed by atoms with van der Waals surface area (Å²) in [6, 6.07) is 13.6. The molecule has 8 heteroatoms. The Balaban J connectivity index is 1.71. The van der Waals surface area contributed by atoms with E-state index in [9.17, 15) is 19.5 Å². The zero-order valence-electron chi connectivity index (χ0n) is 17.9. The monoisotopic (exact) mass is 454 g/mol. The number of carbonyl (C=O) groups is 2. The molecule has 0 bridgehead atoms. The minimum Gasteiger partial charge on any atom is -0.548 e. The lowest BCUT2D eigenvalue weighted by Gasteiger charge is -2.19. The van der Waals surface area contributed by atoms with Crippen LogP contribution in [0.2, 0.25) is 0 Å². The molecule has 168 valence electrons. The minimum absolute atomic E-state index is 0.265. The van der Waals surface area contributed by atoms with Crippen molar-refractivity contribution in [2.75, 3.05) is 18.6 Å². The topological polar surface area (TPSA) is 109 Å². The van der Waals surface area contributed by atoms with E-state index in [-0.39, 0.29) is 13.0 Å². The van der Waals surface area contributed by atoms with Crippen molar-refractivity contribution in [2.24, 2.45) is 0 Å². The molecule has 1 heterocycles. The summed E-state index contributed by atoms with van der Waals surface area (Å²) in [5.74, 6) is -0.993. The maximum atomic E-state index is 12.6. The SMILES string of the molecule is CSCC[C@H](NC(=O)COc1ccc2c(C)c(Cc3ccccc3)c(=O)oc2c1)C(=O)[O-]. The van der Waals surface area contributed by atoms with Crippen LogP contribution in [0.1, 0.15) is 23.1 Å². The van der Waals surface area contributed by atoms with Crippen LogP contribution in [0.3, 0.4) is 0 Å². The van der Waals surface area contributed by atoms with Crippen LogP contribution in [0, 0.1) is 6.92 Å². The molecule has 0 aliphatic carbocycles. The van der Waals surface area contributed by atoms with Crippen LogP contribution in [0.15, 0.2) is 57.7 Å². The fourth-order valence-electron chi connectivity index (χ4n) is 3.34. The van der Waals surface area contributed by atoms with Crippen molar-refractivity contribution in [3.05, 3.63) is 75.6 Å². The largest absolute Gasteiger partial charge is 0.548 e. The summed E-state index contributed by atoms with van der Waals surface area (Å²) in [6.45, 7) is 1.50. The zero-order chi connectivity index (χ0) is 23.1. The summed E-state index contributed by atoms with van der Waals surface area (Å²) in [5, 5.41) is 14.3. The van der Waals surface area contributed by atoms with Crippen molar-refractivity contribution < 1.29 is 23.8 Å². The second-order valence-corrected chi connectivity index (χ2v) is 8.31. The van der Waals surface area contributed by atoms with Crippen LogP contribution in [-0.4, -0.2) is 36.5 Å². The summed E-state index contributed by atoms with van der Waals surface area (Å²) < 4.78 is 11.0. The number of nitrogens with one attached hydrogen (secondary N) is 1. The van der Waals surface area contributed by atoms with Crippen molar-refractivity contribution in [1.29, 1.82) is 0 Å². The highest BCUT2D eigenvalue weighted by Crippen LogP contribution is 2.25. The Kier molecular flexibility index (Phi) is 7.94. The van der Waals surface area contributed by atoms with Crippen molar-refractivity contribution in [3.63, 3.8) is 0 Å². The summed E-state index contributed by atoms with van der Waals surface area (Å²) >= 11 is 1.48. The molecule has 0 fully saturated rings. The molecule has 3 rings (SSSR count). The molecule has 32 heavy (non-hydrogen) atoms. The summed E-state index contributed by atoms with van der Waals surface area (Å²) in [4.78, 5) is 35.8. The Morgan fingerprint density at radius 1 is 1.19 bits per heavy atom. The molecule has 3 aromatic rings. The Morgan fingerprint density at radius 2 is 1.94 bits per heavy atom.